The molecule has 0 bridgehead atoms. The molecule has 2 unspecified atom stereocenters. The third kappa shape index (κ3) is 1.86. The highest BCUT2D eigenvalue weighted by Gasteiger charge is 2.48. The number of benzene rings is 2. The molecule has 0 nitrogen and oxygen atoms in total. The van der Waals surface area contributed by atoms with E-state index in [0.717, 1.165) is 0 Å². The summed E-state index contributed by atoms with van der Waals surface area (Å²) in [5.74, 6) is 0.951. The van der Waals surface area contributed by atoms with E-state index in [9.17, 15) is 0 Å². The van der Waals surface area contributed by atoms with Crippen molar-refractivity contribution < 1.29 is 0 Å². The molecule has 3 aliphatic rings. The average molecular weight is 310 g/mol. The lowest BCUT2D eigenvalue weighted by molar-refractivity contribution is 0.281. The van der Waals surface area contributed by atoms with Crippen molar-refractivity contribution in [2.45, 2.75) is 30.6 Å². The second kappa shape index (κ2) is 5.34. The van der Waals surface area contributed by atoms with Crippen molar-refractivity contribution in [3.05, 3.63) is 101 Å². The van der Waals surface area contributed by atoms with Crippen molar-refractivity contribution in [1.82, 2.24) is 0 Å². The van der Waals surface area contributed by atoms with Gasteiger partial charge in [0, 0.05) is 17.3 Å². The monoisotopic (exact) mass is 310 g/mol. The molecule has 0 aliphatic heterocycles. The summed E-state index contributed by atoms with van der Waals surface area (Å²) < 4.78 is 0. The normalized spacial score (nSPS) is 27.4. The maximum absolute atomic E-state index is 2.47. The highest BCUT2D eigenvalue weighted by molar-refractivity contribution is 5.65. The summed E-state index contributed by atoms with van der Waals surface area (Å²) in [6.07, 6.45) is 17.8. The summed E-state index contributed by atoms with van der Waals surface area (Å²) in [6, 6.07) is 18.1. The first-order valence-corrected chi connectivity index (χ1v) is 9.10. The van der Waals surface area contributed by atoms with Gasteiger partial charge in [-0.3, -0.25) is 0 Å². The Morgan fingerprint density at radius 1 is 0.833 bits per heavy atom. The fourth-order valence-electron chi connectivity index (χ4n) is 5.25. The van der Waals surface area contributed by atoms with Gasteiger partial charge in [0.2, 0.25) is 0 Å². The number of hydrogen-bond donors (Lipinski definition) is 0. The molecule has 2 aromatic rings. The van der Waals surface area contributed by atoms with E-state index in [0.29, 0.717) is 11.8 Å². The number of rotatable bonds is 2. The minimum absolute atomic E-state index is 0.154. The van der Waals surface area contributed by atoms with Gasteiger partial charge < -0.3 is 0 Å². The largest absolute Gasteiger partial charge is 0.0767 e. The highest BCUT2D eigenvalue weighted by Crippen LogP contribution is 2.56. The van der Waals surface area contributed by atoms with Gasteiger partial charge >= 0.3 is 0 Å². The number of fused-ring (bicyclic) bond motifs is 2. The van der Waals surface area contributed by atoms with E-state index in [1.54, 1.807) is 11.1 Å². The Hall–Kier alpha value is -2.34. The maximum atomic E-state index is 2.47. The van der Waals surface area contributed by atoms with E-state index in [2.05, 4.69) is 85.0 Å². The van der Waals surface area contributed by atoms with Crippen molar-refractivity contribution >= 4 is 6.08 Å². The van der Waals surface area contributed by atoms with Crippen molar-refractivity contribution in [3.8, 4) is 0 Å². The van der Waals surface area contributed by atoms with Crippen LogP contribution in [-0.2, 0) is 11.8 Å². The Labute approximate surface area is 144 Å². The average Bonchev–Trinajstić information content (AvgIpc) is 3.31. The van der Waals surface area contributed by atoms with Gasteiger partial charge in [0.15, 0.2) is 0 Å². The Morgan fingerprint density at radius 2 is 1.62 bits per heavy atom. The van der Waals surface area contributed by atoms with Crippen molar-refractivity contribution in [3.63, 3.8) is 0 Å². The van der Waals surface area contributed by atoms with E-state index in [4.69, 9.17) is 0 Å². The molecule has 0 saturated heterocycles. The lowest BCUT2D eigenvalue weighted by Gasteiger charge is -2.47. The molecule has 2 aromatic carbocycles. The molecular weight excluding hydrogens is 288 g/mol. The van der Waals surface area contributed by atoms with E-state index in [-0.39, 0.29) is 5.41 Å². The Bertz CT molecular complexity index is 855. The van der Waals surface area contributed by atoms with Crippen LogP contribution in [0.4, 0.5) is 0 Å². The van der Waals surface area contributed by atoms with Crippen LogP contribution in [0.1, 0.15) is 41.0 Å². The summed E-state index contributed by atoms with van der Waals surface area (Å²) in [5, 5.41) is 0. The number of aryl methyl sites for hydroxylation is 1. The van der Waals surface area contributed by atoms with E-state index in [1.165, 1.54) is 30.4 Å². The Morgan fingerprint density at radius 3 is 2.54 bits per heavy atom. The predicted octanol–water partition coefficient (Wildman–Crippen LogP) is 5.81. The fraction of sp³-hybridized carbons (Fsp3) is 0.250. The van der Waals surface area contributed by atoms with Gasteiger partial charge in [0.1, 0.15) is 0 Å². The molecule has 0 amide bonds. The van der Waals surface area contributed by atoms with Crippen LogP contribution in [0.25, 0.3) is 6.08 Å². The first-order chi connectivity index (χ1) is 11.9. The lowest BCUT2D eigenvalue weighted by atomic mass is 9.56. The van der Waals surface area contributed by atoms with Crippen molar-refractivity contribution in [1.29, 1.82) is 0 Å². The Kier molecular flexibility index (Phi) is 3.13. The Balaban J connectivity index is 1.75. The van der Waals surface area contributed by atoms with Gasteiger partial charge in [-0.2, -0.15) is 0 Å². The second-order valence-corrected chi connectivity index (χ2v) is 7.31. The molecule has 0 fully saturated rings. The van der Waals surface area contributed by atoms with Gasteiger partial charge in [0.25, 0.3) is 0 Å². The summed E-state index contributed by atoms with van der Waals surface area (Å²) in [5.41, 5.74) is 6.18. The third-order valence-corrected chi connectivity index (χ3v) is 6.25. The van der Waals surface area contributed by atoms with Gasteiger partial charge in [-0.25, -0.2) is 0 Å². The molecular formula is C24H22. The zero-order valence-corrected chi connectivity index (χ0v) is 13.9. The van der Waals surface area contributed by atoms with Crippen LogP contribution in [0, 0.1) is 5.92 Å². The smallest absolute Gasteiger partial charge is 0.0157 e. The second-order valence-electron chi connectivity index (χ2n) is 7.31. The topological polar surface area (TPSA) is 0 Å². The molecule has 3 aliphatic carbocycles. The van der Waals surface area contributed by atoms with Crippen molar-refractivity contribution in [2.24, 2.45) is 5.92 Å². The summed E-state index contributed by atoms with van der Waals surface area (Å²) in [6.45, 7) is 0. The van der Waals surface area contributed by atoms with Crippen molar-refractivity contribution in [2.75, 3.05) is 0 Å². The zero-order valence-electron chi connectivity index (χ0n) is 13.9. The molecule has 0 heteroatoms. The molecule has 0 saturated carbocycles. The summed E-state index contributed by atoms with van der Waals surface area (Å²) >= 11 is 0. The molecule has 2 atom stereocenters. The van der Waals surface area contributed by atoms with Gasteiger partial charge in [-0.1, -0.05) is 85.0 Å². The summed E-state index contributed by atoms with van der Waals surface area (Å²) in [4.78, 5) is 0. The van der Waals surface area contributed by atoms with Crippen LogP contribution >= 0.6 is 0 Å². The molecule has 5 rings (SSSR count). The van der Waals surface area contributed by atoms with E-state index in [1.807, 2.05) is 0 Å². The minimum atomic E-state index is 0.154. The van der Waals surface area contributed by atoms with E-state index < -0.39 is 0 Å². The first-order valence-electron chi connectivity index (χ1n) is 9.10. The molecule has 0 radical (unpaired) electrons. The SMILES string of the molecule is C1=CC(C2(C3C=Cc4ccccc43)CCCc3ccccc32)C=C1. The minimum Gasteiger partial charge on any atom is -0.0767 e. The quantitative estimate of drug-likeness (QED) is 0.656. The van der Waals surface area contributed by atoms with Crippen LogP contribution in [-0.4, -0.2) is 0 Å². The molecule has 0 spiro atoms. The van der Waals surface area contributed by atoms with Gasteiger partial charge in [-0.05, 0) is 41.5 Å². The fourth-order valence-corrected chi connectivity index (χ4v) is 5.25. The molecule has 24 heavy (non-hydrogen) atoms. The van der Waals surface area contributed by atoms with Crippen LogP contribution in [0.3, 0.4) is 0 Å². The third-order valence-electron chi connectivity index (χ3n) is 6.25. The van der Waals surface area contributed by atoms with E-state index >= 15 is 0 Å². The van der Waals surface area contributed by atoms with Crippen LogP contribution < -0.4 is 0 Å². The molecule has 0 aromatic heterocycles. The molecule has 0 N–H and O–H groups in total. The maximum Gasteiger partial charge on any atom is 0.0157 e. The standard InChI is InChI=1S/C24H22/c1-5-13-21-18(8-1)15-16-23(21)24(20-11-3-4-12-20)17-7-10-19-9-2-6-14-22(19)24/h1-6,8-9,11-16,20,23H,7,10,17H2. The number of hydrogen-bond acceptors (Lipinski definition) is 0. The molecule has 0 heterocycles. The molecule has 118 valence electrons. The lowest BCUT2D eigenvalue weighted by Crippen LogP contribution is -2.41. The summed E-state index contributed by atoms with van der Waals surface area (Å²) in [7, 11) is 0. The van der Waals surface area contributed by atoms with Crippen LogP contribution in [0.2, 0.25) is 0 Å². The van der Waals surface area contributed by atoms with Gasteiger partial charge in [0.05, 0.1) is 0 Å². The van der Waals surface area contributed by atoms with Gasteiger partial charge in [-0.15, -0.1) is 0 Å². The van der Waals surface area contributed by atoms with Crippen LogP contribution in [0.5, 0.6) is 0 Å². The van der Waals surface area contributed by atoms with Crippen LogP contribution in [0.15, 0.2) is 78.9 Å². The zero-order chi connectivity index (χ0) is 16.0. The predicted molar refractivity (Wildman–Crippen MR) is 101 cm³/mol. The number of allylic oxidation sites excluding steroid dienone is 5. The highest BCUT2D eigenvalue weighted by atomic mass is 14.5. The first kappa shape index (κ1) is 14.0.